The highest BCUT2D eigenvalue weighted by Crippen LogP contribution is 2.23. The Bertz CT molecular complexity index is 910. The molecule has 28 heavy (non-hydrogen) atoms. The summed E-state index contributed by atoms with van der Waals surface area (Å²) in [4.78, 5) is 12.6. The molecular formula is C21H25ClN2O3S. The van der Waals surface area contributed by atoms with Crippen LogP contribution in [0.25, 0.3) is 0 Å². The number of nitrogens with one attached hydrogen (secondary N) is 1. The highest BCUT2D eigenvalue weighted by molar-refractivity contribution is 7.88. The van der Waals surface area contributed by atoms with Gasteiger partial charge in [0, 0.05) is 24.0 Å². The second-order valence-corrected chi connectivity index (χ2v) is 9.61. The van der Waals surface area contributed by atoms with E-state index in [-0.39, 0.29) is 23.6 Å². The van der Waals surface area contributed by atoms with E-state index in [2.05, 4.69) is 5.32 Å². The molecule has 0 aromatic heterocycles. The maximum absolute atomic E-state index is 12.7. The van der Waals surface area contributed by atoms with Gasteiger partial charge in [-0.25, -0.2) is 12.7 Å². The molecule has 0 bridgehead atoms. The third-order valence-electron chi connectivity index (χ3n) is 5.11. The Kier molecular flexibility index (Phi) is 6.75. The van der Waals surface area contributed by atoms with Crippen LogP contribution in [0, 0.1) is 5.92 Å². The van der Waals surface area contributed by atoms with Crippen LogP contribution in [-0.2, 0) is 20.6 Å². The van der Waals surface area contributed by atoms with Crippen molar-refractivity contribution < 1.29 is 13.2 Å². The van der Waals surface area contributed by atoms with Crippen LogP contribution < -0.4 is 5.32 Å². The van der Waals surface area contributed by atoms with Crippen LogP contribution in [0.5, 0.6) is 0 Å². The van der Waals surface area contributed by atoms with Crippen molar-refractivity contribution >= 4 is 27.5 Å². The van der Waals surface area contributed by atoms with Crippen molar-refractivity contribution in [2.75, 3.05) is 13.1 Å². The van der Waals surface area contributed by atoms with Crippen LogP contribution in [0.4, 0.5) is 0 Å². The molecule has 1 fully saturated rings. The van der Waals surface area contributed by atoms with E-state index in [9.17, 15) is 13.2 Å². The zero-order chi connectivity index (χ0) is 20.1. The Labute approximate surface area is 171 Å². The Morgan fingerprint density at radius 3 is 2.46 bits per heavy atom. The minimum absolute atomic E-state index is 0.0109. The summed E-state index contributed by atoms with van der Waals surface area (Å²) < 4.78 is 26.9. The topological polar surface area (TPSA) is 66.5 Å². The largest absolute Gasteiger partial charge is 0.349 e. The van der Waals surface area contributed by atoms with Crippen LogP contribution in [0.1, 0.15) is 36.9 Å². The van der Waals surface area contributed by atoms with E-state index >= 15 is 0 Å². The van der Waals surface area contributed by atoms with Gasteiger partial charge in [-0.15, -0.1) is 0 Å². The Hall–Kier alpha value is -1.89. The molecule has 1 aliphatic heterocycles. The summed E-state index contributed by atoms with van der Waals surface area (Å²) in [6.07, 6.45) is 1.06. The molecule has 1 heterocycles. The lowest BCUT2D eigenvalue weighted by Crippen LogP contribution is -2.43. The molecule has 150 valence electrons. The van der Waals surface area contributed by atoms with Crippen molar-refractivity contribution in [3.8, 4) is 0 Å². The predicted octanol–water partition coefficient (Wildman–Crippen LogP) is 3.76. The van der Waals surface area contributed by atoms with Gasteiger partial charge < -0.3 is 5.32 Å². The molecule has 0 spiro atoms. The van der Waals surface area contributed by atoms with E-state index in [4.69, 9.17) is 11.6 Å². The predicted molar refractivity (Wildman–Crippen MR) is 111 cm³/mol. The van der Waals surface area contributed by atoms with Crippen molar-refractivity contribution in [1.82, 2.24) is 9.62 Å². The van der Waals surface area contributed by atoms with E-state index in [1.54, 1.807) is 24.3 Å². The number of halogens is 1. The first-order chi connectivity index (χ1) is 13.3. The molecule has 3 rings (SSSR count). The molecular weight excluding hydrogens is 396 g/mol. The first kappa shape index (κ1) is 20.8. The molecule has 1 saturated heterocycles. The highest BCUT2D eigenvalue weighted by Gasteiger charge is 2.31. The number of benzene rings is 2. The summed E-state index contributed by atoms with van der Waals surface area (Å²) in [5.41, 5.74) is 1.72. The van der Waals surface area contributed by atoms with Gasteiger partial charge in [-0.3, -0.25) is 4.79 Å². The highest BCUT2D eigenvalue weighted by atomic mass is 35.5. The maximum Gasteiger partial charge on any atom is 0.223 e. The summed E-state index contributed by atoms with van der Waals surface area (Å²) in [6, 6.07) is 16.6. The van der Waals surface area contributed by atoms with E-state index in [0.29, 0.717) is 36.5 Å². The van der Waals surface area contributed by atoms with Crippen molar-refractivity contribution in [1.29, 1.82) is 0 Å². The number of carbonyl (C=O) groups is 1. The number of hydrogen-bond donors (Lipinski definition) is 1. The lowest BCUT2D eigenvalue weighted by atomic mass is 9.96. The molecule has 5 nitrogen and oxygen atoms in total. The maximum atomic E-state index is 12.7. The third kappa shape index (κ3) is 5.34. The van der Waals surface area contributed by atoms with Crippen molar-refractivity contribution in [3.05, 3.63) is 70.7 Å². The molecule has 2 aromatic carbocycles. The summed E-state index contributed by atoms with van der Waals surface area (Å²) in [5.74, 6) is -0.248. The first-order valence-electron chi connectivity index (χ1n) is 9.43. The number of hydrogen-bond acceptors (Lipinski definition) is 3. The molecule has 0 radical (unpaired) electrons. The van der Waals surface area contributed by atoms with Crippen molar-refractivity contribution in [3.63, 3.8) is 0 Å². The Morgan fingerprint density at radius 1 is 1.14 bits per heavy atom. The lowest BCUT2D eigenvalue weighted by molar-refractivity contribution is -0.126. The van der Waals surface area contributed by atoms with Gasteiger partial charge in [-0.2, -0.15) is 0 Å². The van der Waals surface area contributed by atoms with Gasteiger partial charge in [0.15, 0.2) is 0 Å². The third-order valence-corrected chi connectivity index (χ3v) is 7.20. The van der Waals surface area contributed by atoms with Crippen molar-refractivity contribution in [2.24, 2.45) is 5.92 Å². The minimum Gasteiger partial charge on any atom is -0.349 e. The quantitative estimate of drug-likeness (QED) is 0.773. The van der Waals surface area contributed by atoms with Gasteiger partial charge >= 0.3 is 0 Å². The van der Waals surface area contributed by atoms with Gasteiger partial charge in [-0.05, 0) is 43.0 Å². The SMILES string of the molecule is CC(NC(=O)C1CCN(S(=O)(=O)Cc2cccc(Cl)c2)CC1)c1ccccc1. The van der Waals surface area contributed by atoms with Gasteiger partial charge in [0.25, 0.3) is 0 Å². The fourth-order valence-corrected chi connectivity index (χ4v) is 5.24. The van der Waals surface area contributed by atoms with Crippen LogP contribution in [0.3, 0.4) is 0 Å². The minimum atomic E-state index is -3.43. The number of rotatable bonds is 6. The van der Waals surface area contributed by atoms with Crippen LogP contribution in [0.2, 0.25) is 5.02 Å². The number of sulfonamides is 1. The standard InChI is InChI=1S/C21H25ClN2O3S/c1-16(18-7-3-2-4-8-18)23-21(25)19-10-12-24(13-11-19)28(26,27)15-17-6-5-9-20(22)14-17/h2-9,14,16,19H,10-13,15H2,1H3,(H,23,25). The summed E-state index contributed by atoms with van der Waals surface area (Å²) >= 11 is 5.95. The van der Waals surface area contributed by atoms with Gasteiger partial charge in [-0.1, -0.05) is 54.1 Å². The Balaban J connectivity index is 1.54. The first-order valence-corrected chi connectivity index (χ1v) is 11.4. The molecule has 1 aliphatic rings. The molecule has 7 heteroatoms. The van der Waals surface area contributed by atoms with E-state index in [1.165, 1.54) is 4.31 Å². The smallest absolute Gasteiger partial charge is 0.223 e. The second kappa shape index (κ2) is 9.07. The zero-order valence-electron chi connectivity index (χ0n) is 15.8. The average molecular weight is 421 g/mol. The second-order valence-electron chi connectivity index (χ2n) is 7.20. The van der Waals surface area contributed by atoms with E-state index in [0.717, 1.165) is 5.56 Å². The number of nitrogens with zero attached hydrogens (tertiary/aromatic N) is 1. The molecule has 2 aromatic rings. The number of piperidine rings is 1. The fraction of sp³-hybridized carbons (Fsp3) is 0.381. The average Bonchev–Trinajstić information content (AvgIpc) is 2.68. The summed E-state index contributed by atoms with van der Waals surface area (Å²) in [5, 5.41) is 3.57. The van der Waals surface area contributed by atoms with Gasteiger partial charge in [0.1, 0.15) is 0 Å². The normalized spacial score (nSPS) is 17.2. The molecule has 1 N–H and O–H groups in total. The van der Waals surface area contributed by atoms with Crippen molar-refractivity contribution in [2.45, 2.75) is 31.6 Å². The summed E-state index contributed by atoms with van der Waals surface area (Å²) in [6.45, 7) is 2.68. The van der Waals surface area contributed by atoms with Gasteiger partial charge in [0.05, 0.1) is 11.8 Å². The molecule has 1 atom stereocenters. The zero-order valence-corrected chi connectivity index (χ0v) is 17.4. The number of carbonyl (C=O) groups excluding carboxylic acids is 1. The van der Waals surface area contributed by atoms with Gasteiger partial charge in [0.2, 0.25) is 15.9 Å². The fourth-order valence-electron chi connectivity index (χ4n) is 3.48. The summed E-state index contributed by atoms with van der Waals surface area (Å²) in [7, 11) is -3.43. The van der Waals surface area contributed by atoms with E-state index in [1.807, 2.05) is 37.3 Å². The lowest BCUT2D eigenvalue weighted by Gasteiger charge is -2.31. The van der Waals surface area contributed by atoms with Crippen LogP contribution in [0.15, 0.2) is 54.6 Å². The monoisotopic (exact) mass is 420 g/mol. The molecule has 1 amide bonds. The molecule has 0 aliphatic carbocycles. The van der Waals surface area contributed by atoms with E-state index < -0.39 is 10.0 Å². The Morgan fingerprint density at radius 2 is 1.82 bits per heavy atom. The van der Waals surface area contributed by atoms with Crippen LogP contribution in [-0.4, -0.2) is 31.7 Å². The molecule has 0 saturated carbocycles. The number of amides is 1. The van der Waals surface area contributed by atoms with Crippen LogP contribution >= 0.6 is 11.6 Å². The molecule has 1 unspecified atom stereocenters.